The molecule has 0 radical (unpaired) electrons. The van der Waals surface area contributed by atoms with Gasteiger partial charge in [0.15, 0.2) is 5.78 Å². The highest BCUT2D eigenvalue weighted by Crippen LogP contribution is 2.42. The summed E-state index contributed by atoms with van der Waals surface area (Å²) in [5.74, 6) is 1.42. The molecule has 5 heteroatoms. The van der Waals surface area contributed by atoms with Gasteiger partial charge in [0.25, 0.3) is 0 Å². The number of Topliss-reactive ketones (excluding diaryl/α,β-unsaturated/α-hetero) is 2. The number of nitrogens with one attached hydrogen (secondary N) is 1. The van der Waals surface area contributed by atoms with Crippen LogP contribution in [0.15, 0.2) is 29.3 Å². The summed E-state index contributed by atoms with van der Waals surface area (Å²) in [5.41, 5.74) is 4.24. The number of carbonyl (C=O) groups excluding carboxylic acids is 2. The van der Waals surface area contributed by atoms with Gasteiger partial charge in [-0.15, -0.1) is 0 Å². The van der Waals surface area contributed by atoms with Gasteiger partial charge in [-0.05, 0) is 31.2 Å². The Labute approximate surface area is 159 Å². The van der Waals surface area contributed by atoms with Crippen molar-refractivity contribution in [2.45, 2.75) is 63.3 Å². The smallest absolute Gasteiger partial charge is 0.162 e. The molecule has 0 bridgehead atoms. The zero-order valence-corrected chi connectivity index (χ0v) is 16.3. The molecule has 0 atom stereocenters. The first-order chi connectivity index (χ1) is 12.6. The molecule has 0 aliphatic heterocycles. The molecule has 1 saturated carbocycles. The maximum Gasteiger partial charge on any atom is 0.162 e. The van der Waals surface area contributed by atoms with Gasteiger partial charge in [0.05, 0.1) is 5.75 Å². The monoisotopic (exact) mass is 370 g/mol. The number of thioether (sulfide) groups is 1. The number of benzene rings is 1. The third-order valence-corrected chi connectivity index (χ3v) is 5.80. The number of rotatable bonds is 10. The van der Waals surface area contributed by atoms with Gasteiger partial charge in [0.2, 0.25) is 0 Å². The third-order valence-electron chi connectivity index (χ3n) is 4.72. The lowest BCUT2D eigenvalue weighted by Crippen LogP contribution is -2.06. The highest BCUT2D eigenvalue weighted by atomic mass is 32.2. The van der Waals surface area contributed by atoms with Crippen LogP contribution in [-0.2, 0) is 17.6 Å². The van der Waals surface area contributed by atoms with E-state index in [0.29, 0.717) is 24.5 Å². The van der Waals surface area contributed by atoms with Crippen molar-refractivity contribution in [3.8, 4) is 0 Å². The molecule has 1 aromatic carbocycles. The third kappa shape index (κ3) is 4.64. The number of ketones is 2. The van der Waals surface area contributed by atoms with Crippen molar-refractivity contribution in [3.63, 3.8) is 0 Å². The maximum atomic E-state index is 12.3. The van der Waals surface area contributed by atoms with Crippen LogP contribution in [0.4, 0.5) is 0 Å². The fourth-order valence-electron chi connectivity index (χ4n) is 3.14. The molecule has 26 heavy (non-hydrogen) atoms. The number of hydrogen-bond donors (Lipinski definition) is 1. The first-order valence-electron chi connectivity index (χ1n) is 9.46. The average molecular weight is 371 g/mol. The lowest BCUT2D eigenvalue weighted by molar-refractivity contribution is -0.116. The van der Waals surface area contributed by atoms with E-state index in [4.69, 9.17) is 0 Å². The van der Waals surface area contributed by atoms with E-state index in [1.54, 1.807) is 0 Å². The summed E-state index contributed by atoms with van der Waals surface area (Å²) in [7, 11) is 0. The highest BCUT2D eigenvalue weighted by Gasteiger charge is 2.29. The van der Waals surface area contributed by atoms with Gasteiger partial charge in [-0.3, -0.25) is 14.7 Å². The lowest BCUT2D eigenvalue weighted by Gasteiger charge is -2.04. The number of aromatic nitrogens is 2. The zero-order chi connectivity index (χ0) is 18.5. The van der Waals surface area contributed by atoms with E-state index in [9.17, 15) is 9.59 Å². The van der Waals surface area contributed by atoms with Crippen molar-refractivity contribution in [3.05, 3.63) is 46.6 Å². The van der Waals surface area contributed by atoms with Crippen molar-refractivity contribution in [2.24, 2.45) is 0 Å². The number of aromatic amines is 1. The molecular formula is C21H26N2O2S. The Bertz CT molecular complexity index is 776. The van der Waals surface area contributed by atoms with Crippen LogP contribution >= 0.6 is 11.8 Å². The van der Waals surface area contributed by atoms with Crippen molar-refractivity contribution in [2.75, 3.05) is 5.75 Å². The first kappa shape index (κ1) is 18.9. The van der Waals surface area contributed by atoms with E-state index < -0.39 is 0 Å². The van der Waals surface area contributed by atoms with E-state index in [1.807, 2.05) is 31.2 Å². The number of carbonyl (C=O) groups is 2. The Kier molecular flexibility index (Phi) is 6.30. The van der Waals surface area contributed by atoms with Crippen molar-refractivity contribution >= 4 is 23.3 Å². The molecule has 4 nitrogen and oxygen atoms in total. The topological polar surface area (TPSA) is 62.8 Å². The second-order valence-electron chi connectivity index (χ2n) is 6.92. The van der Waals surface area contributed by atoms with E-state index in [0.717, 1.165) is 29.0 Å². The molecule has 1 heterocycles. The molecule has 1 N–H and O–H groups in total. The van der Waals surface area contributed by atoms with E-state index in [2.05, 4.69) is 17.1 Å². The lowest BCUT2D eigenvalue weighted by atomic mass is 10.0. The van der Waals surface area contributed by atoms with Crippen LogP contribution in [0.25, 0.3) is 0 Å². The minimum absolute atomic E-state index is 0.165. The summed E-state index contributed by atoms with van der Waals surface area (Å²) < 4.78 is 0. The molecule has 0 unspecified atom stereocenters. The van der Waals surface area contributed by atoms with Crippen LogP contribution in [-0.4, -0.2) is 27.5 Å². The molecular weight excluding hydrogens is 344 g/mol. The molecule has 3 rings (SSSR count). The molecule has 1 aliphatic rings. The Morgan fingerprint density at radius 2 is 1.92 bits per heavy atom. The Balaban J connectivity index is 1.53. The minimum Gasteiger partial charge on any atom is -0.298 e. The molecule has 1 fully saturated rings. The Morgan fingerprint density at radius 3 is 2.54 bits per heavy atom. The van der Waals surface area contributed by atoms with Crippen molar-refractivity contribution in [1.82, 2.24) is 10.2 Å². The van der Waals surface area contributed by atoms with Crippen LogP contribution in [0, 0.1) is 0 Å². The maximum absolute atomic E-state index is 12.3. The van der Waals surface area contributed by atoms with Gasteiger partial charge in [0.1, 0.15) is 10.8 Å². The largest absolute Gasteiger partial charge is 0.298 e. The molecule has 0 spiro atoms. The van der Waals surface area contributed by atoms with Crippen molar-refractivity contribution in [1.29, 1.82) is 0 Å². The minimum atomic E-state index is 0.165. The standard InChI is InChI=1S/C21H26N2O2S/c1-3-5-19(25)15-8-6-14(7-9-15)12-17(24)13-26-21-18(4-2)20(22-23-21)16-10-11-16/h6-9,16H,3-5,10-13H2,1-2H3,(H,22,23). The van der Waals surface area contributed by atoms with Crippen LogP contribution in [0.2, 0.25) is 0 Å². The van der Waals surface area contributed by atoms with Crippen LogP contribution in [0.3, 0.4) is 0 Å². The van der Waals surface area contributed by atoms with Gasteiger partial charge in [-0.2, -0.15) is 5.10 Å². The van der Waals surface area contributed by atoms with Crippen molar-refractivity contribution < 1.29 is 9.59 Å². The quantitative estimate of drug-likeness (QED) is 0.485. The van der Waals surface area contributed by atoms with Crippen LogP contribution < -0.4 is 0 Å². The van der Waals surface area contributed by atoms with E-state index in [-0.39, 0.29) is 11.6 Å². The molecule has 1 aromatic heterocycles. The van der Waals surface area contributed by atoms with Gasteiger partial charge >= 0.3 is 0 Å². The first-order valence-corrected chi connectivity index (χ1v) is 10.4. The summed E-state index contributed by atoms with van der Waals surface area (Å²) in [5, 5.41) is 8.57. The Hall–Kier alpha value is -1.88. The SMILES string of the molecule is CCCC(=O)c1ccc(CC(=O)CSc2n[nH]c(C3CC3)c2CC)cc1. The second kappa shape index (κ2) is 8.67. The van der Waals surface area contributed by atoms with E-state index >= 15 is 0 Å². The van der Waals surface area contributed by atoms with Crippen LogP contribution in [0.5, 0.6) is 0 Å². The zero-order valence-electron chi connectivity index (χ0n) is 15.5. The van der Waals surface area contributed by atoms with Gasteiger partial charge in [-0.25, -0.2) is 0 Å². The normalized spacial score (nSPS) is 13.8. The number of H-pyrrole nitrogens is 1. The molecule has 0 amide bonds. The van der Waals surface area contributed by atoms with Gasteiger partial charge < -0.3 is 0 Å². The van der Waals surface area contributed by atoms with Gasteiger partial charge in [0, 0.05) is 35.6 Å². The van der Waals surface area contributed by atoms with E-state index in [1.165, 1.54) is 35.9 Å². The summed E-state index contributed by atoms with van der Waals surface area (Å²) in [6.07, 6.45) is 5.26. The summed E-state index contributed by atoms with van der Waals surface area (Å²) in [6.45, 7) is 4.14. The van der Waals surface area contributed by atoms with Crippen LogP contribution in [0.1, 0.15) is 72.6 Å². The van der Waals surface area contributed by atoms with Gasteiger partial charge in [-0.1, -0.05) is 49.9 Å². The predicted octanol–water partition coefficient (Wildman–Crippen LogP) is 4.74. The molecule has 0 saturated heterocycles. The Morgan fingerprint density at radius 1 is 1.19 bits per heavy atom. The second-order valence-corrected chi connectivity index (χ2v) is 7.89. The number of hydrogen-bond acceptors (Lipinski definition) is 4. The molecule has 2 aromatic rings. The highest BCUT2D eigenvalue weighted by molar-refractivity contribution is 8.00. The fraction of sp³-hybridized carbons (Fsp3) is 0.476. The number of nitrogens with zero attached hydrogens (tertiary/aromatic N) is 1. The fourth-order valence-corrected chi connectivity index (χ4v) is 4.08. The molecule has 1 aliphatic carbocycles. The average Bonchev–Trinajstić information content (AvgIpc) is 3.40. The predicted molar refractivity (Wildman–Crippen MR) is 105 cm³/mol. The summed E-state index contributed by atoms with van der Waals surface area (Å²) in [6, 6.07) is 7.45. The molecule has 138 valence electrons. The summed E-state index contributed by atoms with van der Waals surface area (Å²) >= 11 is 1.53. The summed E-state index contributed by atoms with van der Waals surface area (Å²) in [4.78, 5) is 24.2.